The average Bonchev–Trinajstić information content (AvgIpc) is 2.72. The van der Waals surface area contributed by atoms with Gasteiger partial charge in [-0.1, -0.05) is 0 Å². The maximum atomic E-state index is 11.6. The van der Waals surface area contributed by atoms with Crippen molar-refractivity contribution in [3.05, 3.63) is 18.6 Å². The van der Waals surface area contributed by atoms with Gasteiger partial charge in [-0.25, -0.2) is 22.7 Å². The first-order valence-electron chi connectivity index (χ1n) is 5.82. The van der Waals surface area contributed by atoms with E-state index in [4.69, 9.17) is 0 Å². The number of aryl methyl sites for hydroxylation is 1. The summed E-state index contributed by atoms with van der Waals surface area (Å²) in [5.41, 5.74) is 1.69. The molecule has 104 valence electrons. The first-order chi connectivity index (χ1) is 8.92. The van der Waals surface area contributed by atoms with E-state index in [-0.39, 0.29) is 5.75 Å². The number of rotatable bonds is 5. The summed E-state index contributed by atoms with van der Waals surface area (Å²) >= 11 is 0. The van der Waals surface area contributed by atoms with Crippen molar-refractivity contribution in [1.82, 2.24) is 18.8 Å². The monoisotopic (exact) mass is 283 g/mol. The zero-order valence-corrected chi connectivity index (χ0v) is 12.0. The lowest BCUT2D eigenvalue weighted by Crippen LogP contribution is -2.28. The van der Waals surface area contributed by atoms with Gasteiger partial charge in [0.1, 0.15) is 5.52 Å². The molecule has 2 aromatic rings. The van der Waals surface area contributed by atoms with E-state index in [1.54, 1.807) is 12.5 Å². The van der Waals surface area contributed by atoms with Crippen molar-refractivity contribution in [3.63, 3.8) is 0 Å². The lowest BCUT2D eigenvalue weighted by molar-refractivity contribution is 0.521. The lowest BCUT2D eigenvalue weighted by Gasteiger charge is -2.11. The number of anilines is 1. The minimum absolute atomic E-state index is 0.0188. The Kier molecular flexibility index (Phi) is 3.72. The van der Waals surface area contributed by atoms with E-state index in [0.29, 0.717) is 12.4 Å². The second-order valence-electron chi connectivity index (χ2n) is 4.41. The van der Waals surface area contributed by atoms with Crippen LogP contribution in [0.4, 0.5) is 5.82 Å². The first kappa shape index (κ1) is 13.8. The molecule has 0 amide bonds. The molecule has 8 heteroatoms. The van der Waals surface area contributed by atoms with Crippen LogP contribution in [0.25, 0.3) is 11.0 Å². The second-order valence-corrected chi connectivity index (χ2v) is 6.71. The summed E-state index contributed by atoms with van der Waals surface area (Å²) in [7, 11) is 1.74. The second kappa shape index (κ2) is 5.14. The topological polar surface area (TPSA) is 80.1 Å². The van der Waals surface area contributed by atoms with Gasteiger partial charge in [-0.05, 0) is 6.07 Å². The number of nitrogens with zero attached hydrogens (tertiary/aromatic N) is 4. The number of sulfonamides is 1. The van der Waals surface area contributed by atoms with Gasteiger partial charge >= 0.3 is 0 Å². The van der Waals surface area contributed by atoms with Crippen LogP contribution in [0.15, 0.2) is 18.6 Å². The fraction of sp³-hybridized carbons (Fsp3) is 0.455. The van der Waals surface area contributed by atoms with Crippen LogP contribution in [0, 0.1) is 0 Å². The quantitative estimate of drug-likeness (QED) is 0.852. The van der Waals surface area contributed by atoms with E-state index in [0.717, 1.165) is 11.0 Å². The van der Waals surface area contributed by atoms with Crippen molar-refractivity contribution in [1.29, 1.82) is 0 Å². The zero-order valence-electron chi connectivity index (χ0n) is 11.2. The van der Waals surface area contributed by atoms with Crippen LogP contribution in [0.3, 0.4) is 0 Å². The Morgan fingerprint density at radius 2 is 2.11 bits per heavy atom. The Hall–Kier alpha value is -1.67. The van der Waals surface area contributed by atoms with Crippen molar-refractivity contribution in [2.45, 2.75) is 0 Å². The first-order valence-corrected chi connectivity index (χ1v) is 7.43. The Morgan fingerprint density at radius 3 is 2.79 bits per heavy atom. The van der Waals surface area contributed by atoms with Crippen molar-refractivity contribution in [2.24, 2.45) is 7.05 Å². The molecule has 0 aliphatic carbocycles. The molecule has 7 nitrogen and oxygen atoms in total. The molecule has 0 fully saturated rings. The molecule has 0 aromatic carbocycles. The molecule has 0 bridgehead atoms. The number of hydrogen-bond acceptors (Lipinski definition) is 5. The van der Waals surface area contributed by atoms with Gasteiger partial charge in [-0.15, -0.1) is 0 Å². The lowest BCUT2D eigenvalue weighted by atomic mass is 10.4. The van der Waals surface area contributed by atoms with E-state index >= 15 is 0 Å². The van der Waals surface area contributed by atoms with Crippen LogP contribution in [0.5, 0.6) is 0 Å². The molecule has 0 aliphatic heterocycles. The highest BCUT2D eigenvalue weighted by Gasteiger charge is 2.13. The van der Waals surface area contributed by atoms with Crippen LogP contribution >= 0.6 is 0 Å². The van der Waals surface area contributed by atoms with Crippen LogP contribution in [0.1, 0.15) is 0 Å². The van der Waals surface area contributed by atoms with Crippen molar-refractivity contribution in [2.75, 3.05) is 31.7 Å². The summed E-state index contributed by atoms with van der Waals surface area (Å²) in [5.74, 6) is 0.623. The van der Waals surface area contributed by atoms with Crippen LogP contribution in [0.2, 0.25) is 0 Å². The molecule has 2 heterocycles. The number of aromatic nitrogens is 3. The fourth-order valence-corrected chi connectivity index (χ4v) is 2.40. The summed E-state index contributed by atoms with van der Waals surface area (Å²) in [4.78, 5) is 8.44. The standard InChI is InChI=1S/C11H17N5O2S/c1-15(2)19(17,18)7-6-13-11-10-9(4-5-12-11)16(3)8-14-10/h4-5,8H,6-7H2,1-3H3,(H,12,13). The van der Waals surface area contributed by atoms with Gasteiger partial charge in [0.15, 0.2) is 5.82 Å². The molecule has 0 aliphatic rings. The molecular weight excluding hydrogens is 266 g/mol. The predicted molar refractivity (Wildman–Crippen MR) is 74.5 cm³/mol. The average molecular weight is 283 g/mol. The van der Waals surface area contributed by atoms with E-state index in [2.05, 4.69) is 15.3 Å². The molecule has 19 heavy (non-hydrogen) atoms. The van der Waals surface area contributed by atoms with Crippen molar-refractivity contribution >= 4 is 26.9 Å². The van der Waals surface area contributed by atoms with Crippen molar-refractivity contribution < 1.29 is 8.42 Å². The Labute approximate surface area is 112 Å². The molecule has 0 saturated carbocycles. The maximum Gasteiger partial charge on any atom is 0.215 e. The summed E-state index contributed by atoms with van der Waals surface area (Å²) in [6.07, 6.45) is 3.38. The molecule has 1 N–H and O–H groups in total. The van der Waals surface area contributed by atoms with Gasteiger partial charge in [0, 0.05) is 33.9 Å². The molecule has 0 atom stereocenters. The minimum atomic E-state index is -3.20. The van der Waals surface area contributed by atoms with Crippen LogP contribution < -0.4 is 5.32 Å². The summed E-state index contributed by atoms with van der Waals surface area (Å²) < 4.78 is 26.4. The summed E-state index contributed by atoms with van der Waals surface area (Å²) in [6, 6.07) is 1.87. The molecule has 2 aromatic heterocycles. The highest BCUT2D eigenvalue weighted by atomic mass is 32.2. The third kappa shape index (κ3) is 2.85. The van der Waals surface area contributed by atoms with Gasteiger partial charge in [0.25, 0.3) is 0 Å². The highest BCUT2D eigenvalue weighted by Crippen LogP contribution is 2.18. The molecular formula is C11H17N5O2S. The van der Waals surface area contributed by atoms with E-state index < -0.39 is 10.0 Å². The minimum Gasteiger partial charge on any atom is -0.367 e. The Balaban J connectivity index is 2.11. The van der Waals surface area contributed by atoms with Gasteiger partial charge in [-0.3, -0.25) is 0 Å². The molecule has 0 spiro atoms. The van der Waals surface area contributed by atoms with E-state index in [1.807, 2.05) is 17.7 Å². The van der Waals surface area contributed by atoms with E-state index in [9.17, 15) is 8.42 Å². The van der Waals surface area contributed by atoms with Gasteiger partial charge in [-0.2, -0.15) is 0 Å². The molecule has 0 saturated heterocycles. The Morgan fingerprint density at radius 1 is 1.37 bits per heavy atom. The largest absolute Gasteiger partial charge is 0.367 e. The number of hydrogen-bond donors (Lipinski definition) is 1. The molecule has 0 unspecified atom stereocenters. The molecule has 0 radical (unpaired) electrons. The van der Waals surface area contributed by atoms with Crippen LogP contribution in [-0.2, 0) is 17.1 Å². The third-order valence-corrected chi connectivity index (χ3v) is 4.68. The number of imidazole rings is 1. The normalized spacial score (nSPS) is 12.2. The summed E-state index contributed by atoms with van der Waals surface area (Å²) in [6.45, 7) is 0.295. The van der Waals surface area contributed by atoms with Gasteiger partial charge in [0.05, 0.1) is 17.6 Å². The predicted octanol–water partition coefficient (Wildman–Crippen LogP) is 0.272. The number of pyridine rings is 1. The highest BCUT2D eigenvalue weighted by molar-refractivity contribution is 7.89. The zero-order chi connectivity index (χ0) is 14.0. The molecule has 2 rings (SSSR count). The SMILES string of the molecule is CN(C)S(=O)(=O)CCNc1nccc2c1ncn2C. The Bertz CT molecular complexity index is 677. The van der Waals surface area contributed by atoms with Gasteiger partial charge < -0.3 is 9.88 Å². The van der Waals surface area contributed by atoms with Crippen LogP contribution in [-0.4, -0.2) is 53.7 Å². The third-order valence-electron chi connectivity index (χ3n) is 2.85. The number of nitrogens with one attached hydrogen (secondary N) is 1. The van der Waals surface area contributed by atoms with E-state index in [1.165, 1.54) is 18.4 Å². The number of fused-ring (bicyclic) bond motifs is 1. The van der Waals surface area contributed by atoms with Crippen molar-refractivity contribution in [3.8, 4) is 0 Å². The van der Waals surface area contributed by atoms with Gasteiger partial charge in [0.2, 0.25) is 10.0 Å². The smallest absolute Gasteiger partial charge is 0.215 e. The maximum absolute atomic E-state index is 11.6. The summed E-state index contributed by atoms with van der Waals surface area (Å²) in [5, 5.41) is 3.02. The fourth-order valence-electron chi connectivity index (χ4n) is 1.67.